The number of hydrogen-bond donors (Lipinski definition) is 1. The van der Waals surface area contributed by atoms with E-state index in [1.807, 2.05) is 4.90 Å². The van der Waals surface area contributed by atoms with Gasteiger partial charge >= 0.3 is 0 Å². The van der Waals surface area contributed by atoms with Gasteiger partial charge in [0.15, 0.2) is 6.61 Å². The molecule has 0 aromatic carbocycles. The van der Waals surface area contributed by atoms with Crippen molar-refractivity contribution < 1.29 is 9.63 Å². The number of nitrogens with zero attached hydrogens (tertiary/aromatic N) is 2. The fourth-order valence-corrected chi connectivity index (χ4v) is 2.64. The topological polar surface area (TPSA) is 67.9 Å². The third kappa shape index (κ3) is 5.39. The zero-order valence-electron chi connectivity index (χ0n) is 13.3. The molecule has 0 spiro atoms. The van der Waals surface area contributed by atoms with Crippen LogP contribution >= 0.6 is 0 Å². The van der Waals surface area contributed by atoms with Crippen LogP contribution in [0.3, 0.4) is 0 Å². The van der Waals surface area contributed by atoms with Gasteiger partial charge in [0, 0.05) is 18.5 Å². The van der Waals surface area contributed by atoms with Crippen molar-refractivity contribution >= 4 is 11.7 Å². The minimum absolute atomic E-state index is 0.00473. The van der Waals surface area contributed by atoms with Crippen molar-refractivity contribution in [3.05, 3.63) is 0 Å². The third-order valence-electron chi connectivity index (χ3n) is 3.83. The summed E-state index contributed by atoms with van der Waals surface area (Å²) in [5.74, 6) is 1.05. The second-order valence-electron chi connectivity index (χ2n) is 6.22. The molecule has 5 heteroatoms. The largest absolute Gasteiger partial charge is 0.384 e. The molecular weight excluding hydrogens is 254 g/mol. The Morgan fingerprint density at radius 3 is 2.50 bits per heavy atom. The Labute approximate surface area is 122 Å². The first-order chi connectivity index (χ1) is 9.41. The van der Waals surface area contributed by atoms with E-state index < -0.39 is 0 Å². The summed E-state index contributed by atoms with van der Waals surface area (Å²) in [6.45, 7) is 8.44. The van der Waals surface area contributed by atoms with E-state index in [1.54, 1.807) is 0 Å². The zero-order valence-corrected chi connectivity index (χ0v) is 13.3. The number of likely N-dealkylation sites (tertiary alicyclic amines) is 1. The molecule has 1 heterocycles. The van der Waals surface area contributed by atoms with Crippen LogP contribution in [0.25, 0.3) is 0 Å². The molecule has 116 valence electrons. The maximum atomic E-state index is 12.2. The van der Waals surface area contributed by atoms with Crippen molar-refractivity contribution in [3.63, 3.8) is 0 Å². The molecule has 2 N–H and O–H groups in total. The highest BCUT2D eigenvalue weighted by atomic mass is 16.6. The molecule has 1 rings (SSSR count). The monoisotopic (exact) mass is 283 g/mol. The summed E-state index contributed by atoms with van der Waals surface area (Å²) >= 11 is 0. The molecule has 0 aromatic heterocycles. The number of oxime groups is 1. The summed E-state index contributed by atoms with van der Waals surface area (Å²) < 4.78 is 0. The van der Waals surface area contributed by atoms with E-state index in [2.05, 4.69) is 32.9 Å². The Hall–Kier alpha value is -1.26. The van der Waals surface area contributed by atoms with Crippen molar-refractivity contribution in [1.29, 1.82) is 0 Å². The van der Waals surface area contributed by atoms with Crippen LogP contribution in [0, 0.1) is 5.92 Å². The van der Waals surface area contributed by atoms with E-state index in [0.29, 0.717) is 18.2 Å². The fraction of sp³-hybridized carbons (Fsp3) is 0.867. The molecule has 20 heavy (non-hydrogen) atoms. The van der Waals surface area contributed by atoms with Crippen LogP contribution in [0.1, 0.15) is 59.8 Å². The van der Waals surface area contributed by atoms with Gasteiger partial charge in [0.05, 0.1) is 0 Å². The number of nitrogens with two attached hydrogens (primary N) is 1. The highest BCUT2D eigenvalue weighted by Crippen LogP contribution is 2.22. The summed E-state index contributed by atoms with van der Waals surface area (Å²) in [6.07, 6.45) is 5.01. The first-order valence-electron chi connectivity index (χ1n) is 7.67. The first kappa shape index (κ1) is 16.8. The lowest BCUT2D eigenvalue weighted by atomic mass is 9.97. The lowest BCUT2D eigenvalue weighted by Gasteiger charge is -2.38. The number of hydrogen-bond acceptors (Lipinski definition) is 3. The Balaban J connectivity index is 2.37. The standard InChI is InChI=1S/C15H29N3O2/c1-11(2)8-9-14(16)17-20-10-15(19)18-12(3)6-5-7-13(18)4/h11-13H,5-10H2,1-4H3,(H2,16,17). The summed E-state index contributed by atoms with van der Waals surface area (Å²) in [4.78, 5) is 19.2. The van der Waals surface area contributed by atoms with Crippen LogP contribution in [-0.4, -0.2) is 35.3 Å². The molecule has 2 atom stereocenters. The highest BCUT2D eigenvalue weighted by Gasteiger charge is 2.28. The minimum Gasteiger partial charge on any atom is -0.384 e. The summed E-state index contributed by atoms with van der Waals surface area (Å²) in [7, 11) is 0. The van der Waals surface area contributed by atoms with Crippen molar-refractivity contribution in [1.82, 2.24) is 4.90 Å². The molecule has 1 saturated heterocycles. The van der Waals surface area contributed by atoms with Crippen LogP contribution in [0.15, 0.2) is 5.16 Å². The number of piperidine rings is 1. The van der Waals surface area contributed by atoms with Crippen LogP contribution in [-0.2, 0) is 9.63 Å². The molecule has 0 bridgehead atoms. The molecule has 0 saturated carbocycles. The van der Waals surface area contributed by atoms with Crippen LogP contribution in [0.5, 0.6) is 0 Å². The van der Waals surface area contributed by atoms with E-state index in [4.69, 9.17) is 10.6 Å². The van der Waals surface area contributed by atoms with E-state index in [0.717, 1.165) is 19.3 Å². The number of amidine groups is 1. The Morgan fingerprint density at radius 2 is 1.95 bits per heavy atom. The normalized spacial score (nSPS) is 24.1. The number of rotatable bonds is 6. The second-order valence-corrected chi connectivity index (χ2v) is 6.22. The molecule has 0 aliphatic carbocycles. The molecule has 5 nitrogen and oxygen atoms in total. The van der Waals surface area contributed by atoms with Crippen LogP contribution in [0.2, 0.25) is 0 Å². The lowest BCUT2D eigenvalue weighted by molar-refractivity contribution is -0.142. The van der Waals surface area contributed by atoms with Gasteiger partial charge in [-0.1, -0.05) is 19.0 Å². The lowest BCUT2D eigenvalue weighted by Crippen LogP contribution is -2.48. The molecule has 1 aliphatic heterocycles. The predicted octanol–water partition coefficient (Wildman–Crippen LogP) is 2.50. The van der Waals surface area contributed by atoms with Crippen molar-refractivity contribution in [2.24, 2.45) is 16.8 Å². The SMILES string of the molecule is CC(C)CC/C(N)=N/OCC(=O)N1C(C)CCCC1C. The van der Waals surface area contributed by atoms with Crippen LogP contribution in [0.4, 0.5) is 0 Å². The van der Waals surface area contributed by atoms with E-state index >= 15 is 0 Å². The molecule has 2 unspecified atom stereocenters. The number of amides is 1. The maximum absolute atomic E-state index is 12.2. The highest BCUT2D eigenvalue weighted by molar-refractivity contribution is 5.80. The molecule has 0 radical (unpaired) electrons. The van der Waals surface area contributed by atoms with Gasteiger partial charge in [0.1, 0.15) is 5.84 Å². The van der Waals surface area contributed by atoms with Gasteiger partial charge in [0.2, 0.25) is 0 Å². The maximum Gasteiger partial charge on any atom is 0.263 e. The molecular formula is C15H29N3O2. The van der Waals surface area contributed by atoms with Gasteiger partial charge in [-0.15, -0.1) is 0 Å². The Bertz CT molecular complexity index is 332. The summed E-state index contributed by atoms with van der Waals surface area (Å²) in [6, 6.07) is 0.578. The van der Waals surface area contributed by atoms with Gasteiger partial charge in [-0.25, -0.2) is 0 Å². The van der Waals surface area contributed by atoms with Crippen molar-refractivity contribution in [2.75, 3.05) is 6.61 Å². The van der Waals surface area contributed by atoms with Gasteiger partial charge in [-0.2, -0.15) is 0 Å². The van der Waals surface area contributed by atoms with E-state index in [-0.39, 0.29) is 24.6 Å². The van der Waals surface area contributed by atoms with Gasteiger partial charge in [0.25, 0.3) is 5.91 Å². The van der Waals surface area contributed by atoms with Crippen molar-refractivity contribution in [2.45, 2.75) is 71.9 Å². The summed E-state index contributed by atoms with van der Waals surface area (Å²) in [5.41, 5.74) is 5.74. The average Bonchev–Trinajstić information content (AvgIpc) is 2.36. The Morgan fingerprint density at radius 1 is 1.35 bits per heavy atom. The second kappa shape index (κ2) is 8.12. The quantitative estimate of drug-likeness (QED) is 0.462. The summed E-state index contributed by atoms with van der Waals surface area (Å²) in [5, 5.41) is 3.83. The van der Waals surface area contributed by atoms with Gasteiger partial charge in [-0.3, -0.25) is 4.79 Å². The van der Waals surface area contributed by atoms with Crippen molar-refractivity contribution in [3.8, 4) is 0 Å². The van der Waals surface area contributed by atoms with Gasteiger partial charge in [-0.05, 0) is 45.4 Å². The predicted molar refractivity (Wildman–Crippen MR) is 81.3 cm³/mol. The zero-order chi connectivity index (χ0) is 15.1. The molecule has 1 amide bonds. The average molecular weight is 283 g/mol. The Kier molecular flexibility index (Phi) is 6.82. The fourth-order valence-electron chi connectivity index (χ4n) is 2.64. The minimum atomic E-state index is -0.0168. The van der Waals surface area contributed by atoms with E-state index in [9.17, 15) is 4.79 Å². The number of carbonyl (C=O) groups excluding carboxylic acids is 1. The molecule has 0 aromatic rings. The van der Waals surface area contributed by atoms with Gasteiger partial charge < -0.3 is 15.5 Å². The molecule has 1 fully saturated rings. The third-order valence-corrected chi connectivity index (χ3v) is 3.83. The van der Waals surface area contributed by atoms with Crippen LogP contribution < -0.4 is 5.73 Å². The smallest absolute Gasteiger partial charge is 0.263 e. The number of carbonyl (C=O) groups is 1. The molecule has 1 aliphatic rings. The first-order valence-corrected chi connectivity index (χ1v) is 7.67. The van der Waals surface area contributed by atoms with E-state index in [1.165, 1.54) is 6.42 Å².